The minimum atomic E-state index is -0.543. The van der Waals surface area contributed by atoms with Crippen LogP contribution in [0.15, 0.2) is 231 Å². The molecule has 10 aromatic rings. The van der Waals surface area contributed by atoms with Crippen molar-refractivity contribution in [3.63, 3.8) is 0 Å². The molecule has 15 rings (SSSR count). The zero-order chi connectivity index (χ0) is 53.1. The monoisotopic (exact) mass is 1020 g/mol. The van der Waals surface area contributed by atoms with Crippen LogP contribution in [-0.4, -0.2) is 21.0 Å². The zero-order valence-corrected chi connectivity index (χ0v) is 45.9. The van der Waals surface area contributed by atoms with Crippen molar-refractivity contribution in [3.05, 3.63) is 264 Å². The molecule has 4 atom stereocenters. The Hall–Kier alpha value is -8.34. The fraction of sp³-hybridized carbons (Fsp3) is 0.227. The fourth-order valence-electron chi connectivity index (χ4n) is 16.1. The van der Waals surface area contributed by atoms with E-state index in [0.29, 0.717) is 0 Å². The number of pyridine rings is 2. The summed E-state index contributed by atoms with van der Waals surface area (Å²) in [5.74, 6) is 0. The van der Waals surface area contributed by atoms with Gasteiger partial charge in [0.2, 0.25) is 0 Å². The van der Waals surface area contributed by atoms with Crippen LogP contribution in [0.2, 0.25) is 0 Å². The third-order valence-electron chi connectivity index (χ3n) is 20.5. The van der Waals surface area contributed by atoms with Crippen molar-refractivity contribution in [2.75, 3.05) is 9.80 Å². The molecular weight excluding hydrogens is 957 g/mol. The maximum Gasteiger partial charge on any atom is 0.0713 e. The lowest BCUT2D eigenvalue weighted by atomic mass is 9.61. The molecule has 2 saturated carbocycles. The summed E-state index contributed by atoms with van der Waals surface area (Å²) in [4.78, 5) is 16.4. The Morgan fingerprint density at radius 3 is 1.05 bits per heavy atom. The van der Waals surface area contributed by atoms with E-state index in [1.807, 2.05) is 0 Å². The van der Waals surface area contributed by atoms with Crippen molar-refractivity contribution >= 4 is 22.7 Å². The molecule has 4 nitrogen and oxygen atoms in total. The van der Waals surface area contributed by atoms with Gasteiger partial charge in [-0.1, -0.05) is 185 Å². The van der Waals surface area contributed by atoms with Crippen molar-refractivity contribution in [2.24, 2.45) is 0 Å². The fourth-order valence-corrected chi connectivity index (χ4v) is 16.1. The number of hydrogen-bond donors (Lipinski definition) is 0. The Morgan fingerprint density at radius 2 is 0.658 bits per heavy atom. The number of fused-ring (bicyclic) bond motifs is 9. The predicted molar refractivity (Wildman–Crippen MR) is 327 cm³/mol. The standard InChI is InChI=1S/C75H66N4/c1-71-43-17-19-45-73(71,3)78(57-27-13-7-14-28-57)69-41-37-53(49-63(69)71)67-33-21-31-65(76-67)51-35-39-61-59(47-51)60-48-52(36-40-62(60)75(61,55-23-9-5-10-24-55)56-25-11-6-12-26-56)66-32-22-34-68(77-66)54-38-42-70-64(50-54)72(2)44-18-20-46-74(72,4)79(70)58-29-15-8-16-30-58/h5-16,21-42,47-50H,17-20,43-46H2,1-4H3. The van der Waals surface area contributed by atoms with Crippen molar-refractivity contribution in [2.45, 2.75) is 106 Å². The van der Waals surface area contributed by atoms with E-state index in [2.05, 4.69) is 268 Å². The van der Waals surface area contributed by atoms with Crippen molar-refractivity contribution in [1.29, 1.82) is 0 Å². The lowest BCUT2D eigenvalue weighted by Gasteiger charge is -2.50. The second kappa shape index (κ2) is 17.8. The van der Waals surface area contributed by atoms with Crippen LogP contribution in [-0.2, 0) is 16.2 Å². The van der Waals surface area contributed by atoms with Crippen molar-refractivity contribution < 1.29 is 0 Å². The summed E-state index contributed by atoms with van der Waals surface area (Å²) < 4.78 is 0. The Bertz CT molecular complexity index is 3740. The third kappa shape index (κ3) is 6.86. The summed E-state index contributed by atoms with van der Waals surface area (Å²) >= 11 is 0. The minimum absolute atomic E-state index is 0.0128. The van der Waals surface area contributed by atoms with Crippen LogP contribution in [0, 0.1) is 0 Å². The first-order valence-corrected chi connectivity index (χ1v) is 29.0. The Labute approximate surface area is 466 Å². The van der Waals surface area contributed by atoms with Gasteiger partial charge in [0.1, 0.15) is 0 Å². The van der Waals surface area contributed by atoms with E-state index in [0.717, 1.165) is 33.9 Å². The predicted octanol–water partition coefficient (Wildman–Crippen LogP) is 19.0. The van der Waals surface area contributed by atoms with Gasteiger partial charge in [0.15, 0.2) is 0 Å². The summed E-state index contributed by atoms with van der Waals surface area (Å²) in [6, 6.07) is 86.0. The van der Waals surface area contributed by atoms with E-state index in [4.69, 9.17) is 9.97 Å². The minimum Gasteiger partial charge on any atom is -0.334 e. The molecule has 2 fully saturated rings. The van der Waals surface area contributed by atoms with Crippen LogP contribution in [0.1, 0.15) is 112 Å². The van der Waals surface area contributed by atoms with E-state index < -0.39 is 5.41 Å². The number of nitrogens with zero attached hydrogens (tertiary/aromatic N) is 4. The maximum atomic E-state index is 5.54. The Kier molecular flexibility index (Phi) is 10.8. The van der Waals surface area contributed by atoms with E-state index in [1.165, 1.54) is 130 Å². The summed E-state index contributed by atoms with van der Waals surface area (Å²) in [6.45, 7) is 10.0. The smallest absolute Gasteiger partial charge is 0.0713 e. The highest BCUT2D eigenvalue weighted by atomic mass is 15.3. The van der Waals surface area contributed by atoms with Crippen LogP contribution in [0.4, 0.5) is 22.7 Å². The highest BCUT2D eigenvalue weighted by molar-refractivity contribution is 5.91. The van der Waals surface area contributed by atoms with Gasteiger partial charge in [0.05, 0.1) is 39.3 Å². The molecule has 0 bridgehead atoms. The van der Waals surface area contributed by atoms with Gasteiger partial charge in [-0.3, -0.25) is 0 Å². The molecule has 0 amide bonds. The molecule has 4 heterocycles. The van der Waals surface area contributed by atoms with Crippen LogP contribution in [0.3, 0.4) is 0 Å². The molecule has 2 aliphatic heterocycles. The summed E-state index contributed by atoms with van der Waals surface area (Å²) in [7, 11) is 0. The van der Waals surface area contributed by atoms with Crippen LogP contribution in [0.5, 0.6) is 0 Å². The van der Waals surface area contributed by atoms with Crippen molar-refractivity contribution in [1.82, 2.24) is 9.97 Å². The van der Waals surface area contributed by atoms with E-state index in [-0.39, 0.29) is 21.9 Å². The van der Waals surface area contributed by atoms with Crippen LogP contribution < -0.4 is 9.80 Å². The Balaban J connectivity index is 0.842. The first kappa shape index (κ1) is 47.8. The summed E-state index contributed by atoms with van der Waals surface area (Å²) in [6.07, 6.45) is 9.67. The molecule has 8 aromatic carbocycles. The largest absolute Gasteiger partial charge is 0.334 e. The number of rotatable bonds is 8. The number of para-hydroxylation sites is 2. The molecule has 5 aliphatic rings. The van der Waals surface area contributed by atoms with E-state index in [9.17, 15) is 0 Å². The molecule has 4 unspecified atom stereocenters. The van der Waals surface area contributed by atoms with Gasteiger partial charge < -0.3 is 9.80 Å². The molecule has 386 valence electrons. The number of benzene rings is 8. The molecular formula is C75H66N4. The van der Waals surface area contributed by atoms with Gasteiger partial charge >= 0.3 is 0 Å². The van der Waals surface area contributed by atoms with Gasteiger partial charge in [-0.25, -0.2) is 9.97 Å². The average Bonchev–Trinajstić information content (AvgIpc) is 4.20. The first-order chi connectivity index (χ1) is 38.6. The Morgan fingerprint density at radius 1 is 0.316 bits per heavy atom. The summed E-state index contributed by atoms with van der Waals surface area (Å²) in [5, 5.41) is 0. The molecule has 2 aromatic heterocycles. The molecule has 0 saturated heterocycles. The van der Waals surface area contributed by atoms with Gasteiger partial charge in [-0.15, -0.1) is 0 Å². The highest BCUT2D eigenvalue weighted by Gasteiger charge is 2.59. The third-order valence-corrected chi connectivity index (χ3v) is 20.5. The first-order valence-electron chi connectivity index (χ1n) is 29.0. The molecule has 3 aliphatic carbocycles. The molecule has 0 N–H and O–H groups in total. The van der Waals surface area contributed by atoms with Crippen LogP contribution >= 0.6 is 0 Å². The summed E-state index contributed by atoms with van der Waals surface area (Å²) in [5.41, 5.74) is 23.5. The lowest BCUT2D eigenvalue weighted by molar-refractivity contribution is 0.195. The number of anilines is 4. The topological polar surface area (TPSA) is 32.3 Å². The quantitative estimate of drug-likeness (QED) is 0.152. The van der Waals surface area contributed by atoms with Crippen LogP contribution in [0.25, 0.3) is 56.2 Å². The maximum absolute atomic E-state index is 5.54. The lowest BCUT2D eigenvalue weighted by Crippen LogP contribution is -2.54. The molecule has 0 radical (unpaired) electrons. The molecule has 0 spiro atoms. The van der Waals surface area contributed by atoms with Gasteiger partial charge in [-0.2, -0.15) is 0 Å². The van der Waals surface area contributed by atoms with Gasteiger partial charge in [0, 0.05) is 55.8 Å². The molecule has 4 heteroatoms. The van der Waals surface area contributed by atoms with Gasteiger partial charge in [-0.05, 0) is 169 Å². The molecule has 79 heavy (non-hydrogen) atoms. The number of hydrogen-bond acceptors (Lipinski definition) is 4. The van der Waals surface area contributed by atoms with Gasteiger partial charge in [0.25, 0.3) is 0 Å². The number of aromatic nitrogens is 2. The zero-order valence-electron chi connectivity index (χ0n) is 45.9. The SMILES string of the molecule is CC12CCCCC1(C)N(c1ccccc1)c1ccc(-c3cccc(-c4ccc5c(c4)-c4cc(-c6cccc(-c7ccc8c(c7)C7(C)CCCCC7(C)N8c7ccccc7)n6)ccc4C5(c4ccccc4)c4ccccc4)n3)cc12. The normalized spacial score (nSPS) is 23.0. The second-order valence-electron chi connectivity index (χ2n) is 24.3. The van der Waals surface area contributed by atoms with E-state index >= 15 is 0 Å². The average molecular weight is 1020 g/mol. The highest BCUT2D eigenvalue weighted by Crippen LogP contribution is 2.63. The van der Waals surface area contributed by atoms with E-state index in [1.54, 1.807) is 0 Å². The van der Waals surface area contributed by atoms with Crippen molar-refractivity contribution in [3.8, 4) is 56.2 Å². The second-order valence-corrected chi connectivity index (χ2v) is 24.3.